The predicted octanol–water partition coefficient (Wildman–Crippen LogP) is 3.46. The van der Waals surface area contributed by atoms with Crippen LogP contribution in [0.15, 0.2) is 11.6 Å². The molecule has 114 valence electrons. The van der Waals surface area contributed by atoms with Gasteiger partial charge in [0.25, 0.3) is 0 Å². The van der Waals surface area contributed by atoms with Crippen LogP contribution in [0.3, 0.4) is 0 Å². The summed E-state index contributed by atoms with van der Waals surface area (Å²) in [5, 5.41) is 3.45. The van der Waals surface area contributed by atoms with Crippen LogP contribution < -0.4 is 10.2 Å². The van der Waals surface area contributed by atoms with E-state index in [0.717, 1.165) is 31.9 Å². The average molecular weight is 285 g/mol. The summed E-state index contributed by atoms with van der Waals surface area (Å²) in [6.45, 7) is 11.0. The highest BCUT2D eigenvalue weighted by Gasteiger charge is 2.22. The Labute approximate surface area is 128 Å². The second kappa shape index (κ2) is 6.18. The molecule has 1 saturated heterocycles. The Bertz CT molecular complexity index is 554. The van der Waals surface area contributed by atoms with E-state index in [2.05, 4.69) is 37.1 Å². The lowest BCUT2D eigenvalue weighted by Gasteiger charge is -2.33. The van der Waals surface area contributed by atoms with E-state index in [0.29, 0.717) is 0 Å². The van der Waals surface area contributed by atoms with Crippen LogP contribution in [0.1, 0.15) is 49.6 Å². The minimum absolute atomic E-state index is 1.08. The molecule has 1 aliphatic carbocycles. The van der Waals surface area contributed by atoms with Crippen molar-refractivity contribution in [3.05, 3.63) is 28.6 Å². The number of nitrogens with one attached hydrogen (secondary N) is 1. The lowest BCUT2D eigenvalue weighted by atomic mass is 9.86. The smallest absolute Gasteiger partial charge is 0.0480 e. The SMILES string of the molecule is CC1=C(c2c(N3CCNCC3)cc(C)nc2C)CCCC1. The third kappa shape index (κ3) is 2.98. The third-order valence-corrected chi connectivity index (χ3v) is 4.81. The minimum Gasteiger partial charge on any atom is -0.368 e. The summed E-state index contributed by atoms with van der Waals surface area (Å²) in [5.41, 5.74) is 8.34. The van der Waals surface area contributed by atoms with Crippen LogP contribution in [-0.2, 0) is 0 Å². The molecular weight excluding hydrogens is 258 g/mol. The van der Waals surface area contributed by atoms with E-state index in [9.17, 15) is 0 Å². The summed E-state index contributed by atoms with van der Waals surface area (Å²) < 4.78 is 0. The first-order valence-electron chi connectivity index (χ1n) is 8.29. The second-order valence-electron chi connectivity index (χ2n) is 6.45. The zero-order valence-corrected chi connectivity index (χ0v) is 13.6. The molecule has 3 rings (SSSR count). The Balaban J connectivity index is 2.09. The Kier molecular flexibility index (Phi) is 4.29. The van der Waals surface area contributed by atoms with Crippen molar-refractivity contribution in [2.24, 2.45) is 0 Å². The molecule has 1 aliphatic heterocycles. The number of hydrogen-bond donors (Lipinski definition) is 1. The number of nitrogens with zero attached hydrogens (tertiary/aromatic N) is 2. The van der Waals surface area contributed by atoms with E-state index in [4.69, 9.17) is 4.98 Å². The highest BCUT2D eigenvalue weighted by molar-refractivity contribution is 5.80. The maximum absolute atomic E-state index is 4.76. The quantitative estimate of drug-likeness (QED) is 0.902. The van der Waals surface area contributed by atoms with Crippen LogP contribution in [0.5, 0.6) is 0 Å². The van der Waals surface area contributed by atoms with Crippen LogP contribution in [0.25, 0.3) is 5.57 Å². The summed E-state index contributed by atoms with van der Waals surface area (Å²) in [4.78, 5) is 7.31. The molecule has 21 heavy (non-hydrogen) atoms. The van der Waals surface area contributed by atoms with Gasteiger partial charge >= 0.3 is 0 Å². The van der Waals surface area contributed by atoms with Crippen molar-refractivity contribution in [3.8, 4) is 0 Å². The van der Waals surface area contributed by atoms with Gasteiger partial charge in [0.2, 0.25) is 0 Å². The Morgan fingerprint density at radius 3 is 2.48 bits per heavy atom. The van der Waals surface area contributed by atoms with Gasteiger partial charge in [-0.15, -0.1) is 0 Å². The van der Waals surface area contributed by atoms with Crippen molar-refractivity contribution in [1.82, 2.24) is 10.3 Å². The van der Waals surface area contributed by atoms with Gasteiger partial charge in [-0.3, -0.25) is 4.98 Å². The molecule has 3 nitrogen and oxygen atoms in total. The van der Waals surface area contributed by atoms with E-state index in [1.807, 2.05) is 0 Å². The van der Waals surface area contributed by atoms with E-state index >= 15 is 0 Å². The van der Waals surface area contributed by atoms with Crippen LogP contribution in [-0.4, -0.2) is 31.2 Å². The number of allylic oxidation sites excluding steroid dienone is 2. The van der Waals surface area contributed by atoms with Crippen molar-refractivity contribution in [1.29, 1.82) is 0 Å². The van der Waals surface area contributed by atoms with Gasteiger partial charge in [0, 0.05) is 48.8 Å². The maximum atomic E-state index is 4.76. The first-order chi connectivity index (χ1) is 10.2. The van der Waals surface area contributed by atoms with Crippen LogP contribution >= 0.6 is 0 Å². The van der Waals surface area contributed by atoms with Crippen LogP contribution in [0.4, 0.5) is 5.69 Å². The molecule has 2 heterocycles. The summed E-state index contributed by atoms with van der Waals surface area (Å²) in [6, 6.07) is 2.29. The fourth-order valence-corrected chi connectivity index (χ4v) is 3.73. The van der Waals surface area contributed by atoms with Gasteiger partial charge in [-0.1, -0.05) is 5.57 Å². The summed E-state index contributed by atoms with van der Waals surface area (Å²) in [6.07, 6.45) is 5.14. The van der Waals surface area contributed by atoms with Gasteiger partial charge in [0.1, 0.15) is 0 Å². The molecule has 0 radical (unpaired) electrons. The molecule has 0 bridgehead atoms. The van der Waals surface area contributed by atoms with E-state index in [1.54, 1.807) is 11.1 Å². The Morgan fingerprint density at radius 2 is 1.76 bits per heavy atom. The zero-order valence-electron chi connectivity index (χ0n) is 13.6. The molecule has 0 spiro atoms. The number of aromatic nitrogens is 1. The number of aryl methyl sites for hydroxylation is 2. The topological polar surface area (TPSA) is 28.2 Å². The monoisotopic (exact) mass is 285 g/mol. The maximum Gasteiger partial charge on any atom is 0.0480 e. The van der Waals surface area contributed by atoms with Gasteiger partial charge in [0.15, 0.2) is 0 Å². The fourth-order valence-electron chi connectivity index (χ4n) is 3.73. The van der Waals surface area contributed by atoms with Gasteiger partial charge in [-0.05, 0) is 58.1 Å². The second-order valence-corrected chi connectivity index (χ2v) is 6.45. The molecule has 2 aliphatic rings. The van der Waals surface area contributed by atoms with E-state index < -0.39 is 0 Å². The minimum atomic E-state index is 1.08. The Morgan fingerprint density at radius 1 is 1.05 bits per heavy atom. The van der Waals surface area contributed by atoms with Crippen molar-refractivity contribution in [2.45, 2.75) is 46.5 Å². The molecule has 0 unspecified atom stereocenters. The molecule has 0 saturated carbocycles. The first kappa shape index (κ1) is 14.6. The third-order valence-electron chi connectivity index (χ3n) is 4.81. The normalized spacial score (nSPS) is 20.0. The summed E-state index contributed by atoms with van der Waals surface area (Å²) >= 11 is 0. The molecule has 3 heteroatoms. The van der Waals surface area contributed by atoms with Crippen molar-refractivity contribution in [3.63, 3.8) is 0 Å². The largest absolute Gasteiger partial charge is 0.368 e. The molecule has 1 N–H and O–H groups in total. The number of hydrogen-bond acceptors (Lipinski definition) is 3. The van der Waals surface area contributed by atoms with Gasteiger partial charge in [-0.2, -0.15) is 0 Å². The van der Waals surface area contributed by atoms with Crippen molar-refractivity contribution >= 4 is 11.3 Å². The first-order valence-corrected chi connectivity index (χ1v) is 8.29. The molecule has 0 atom stereocenters. The zero-order chi connectivity index (χ0) is 14.8. The van der Waals surface area contributed by atoms with Crippen molar-refractivity contribution < 1.29 is 0 Å². The van der Waals surface area contributed by atoms with Gasteiger partial charge in [-0.25, -0.2) is 0 Å². The summed E-state index contributed by atoms with van der Waals surface area (Å²) in [5.74, 6) is 0. The molecule has 0 amide bonds. The highest BCUT2D eigenvalue weighted by Crippen LogP contribution is 2.38. The standard InChI is InChI=1S/C18H27N3/c1-13-6-4-5-7-16(13)18-15(3)20-14(2)12-17(18)21-10-8-19-9-11-21/h12,19H,4-11H2,1-3H3. The lowest BCUT2D eigenvalue weighted by molar-refractivity contribution is 0.588. The number of piperazine rings is 1. The van der Waals surface area contributed by atoms with Crippen LogP contribution in [0.2, 0.25) is 0 Å². The fraction of sp³-hybridized carbons (Fsp3) is 0.611. The van der Waals surface area contributed by atoms with Crippen LogP contribution in [0, 0.1) is 13.8 Å². The van der Waals surface area contributed by atoms with Gasteiger partial charge < -0.3 is 10.2 Å². The lowest BCUT2D eigenvalue weighted by Crippen LogP contribution is -2.44. The average Bonchev–Trinajstić information content (AvgIpc) is 2.49. The number of anilines is 1. The molecule has 0 aromatic carbocycles. The summed E-state index contributed by atoms with van der Waals surface area (Å²) in [7, 11) is 0. The molecule has 1 aromatic rings. The highest BCUT2D eigenvalue weighted by atomic mass is 15.2. The van der Waals surface area contributed by atoms with Gasteiger partial charge in [0.05, 0.1) is 0 Å². The predicted molar refractivity (Wildman–Crippen MR) is 89.9 cm³/mol. The Hall–Kier alpha value is -1.35. The number of pyridine rings is 1. The molecular formula is C18H27N3. The molecule has 1 fully saturated rings. The molecule has 1 aromatic heterocycles. The number of rotatable bonds is 2. The van der Waals surface area contributed by atoms with E-state index in [1.165, 1.54) is 42.6 Å². The van der Waals surface area contributed by atoms with Crippen molar-refractivity contribution in [2.75, 3.05) is 31.1 Å². The van der Waals surface area contributed by atoms with E-state index in [-0.39, 0.29) is 0 Å².